The van der Waals surface area contributed by atoms with Gasteiger partial charge in [-0.3, -0.25) is 44.6 Å². The smallest absolute Gasteiger partial charge is 0.326 e. The maximum absolute atomic E-state index is 11.8. The summed E-state index contributed by atoms with van der Waals surface area (Å²) in [6, 6.07) is 51.8. The van der Waals surface area contributed by atoms with Gasteiger partial charge < -0.3 is 25.7 Å². The van der Waals surface area contributed by atoms with Crippen molar-refractivity contribution >= 4 is 150 Å². The maximum Gasteiger partial charge on any atom is 0.326 e. The fraction of sp³-hybridized carbons (Fsp3) is 0.116. The predicted octanol–water partition coefficient (Wildman–Crippen LogP) is 17.4. The molecule has 31 heteroatoms. The number of hydrogen-bond donors (Lipinski definition) is 9. The number of carbonyl (C=O) groups excluding carboxylic acids is 2. The average molecular weight is 1500 g/mol. The monoisotopic (exact) mass is 1500 g/mol. The van der Waals surface area contributed by atoms with Gasteiger partial charge in [-0.15, -0.1) is 0 Å². The van der Waals surface area contributed by atoms with Gasteiger partial charge >= 0.3 is 11.7 Å². The summed E-state index contributed by atoms with van der Waals surface area (Å²) in [4.78, 5) is 86.3. The van der Waals surface area contributed by atoms with Crippen molar-refractivity contribution in [2.75, 3.05) is 23.1 Å². The molecule has 0 amide bonds. The Hall–Kier alpha value is -10.2. The topological polar surface area (TPSA) is 329 Å². The van der Waals surface area contributed by atoms with Crippen LogP contribution in [0.4, 0.5) is 34.9 Å². The lowest BCUT2D eigenvalue weighted by atomic mass is 10.1. The Labute approximate surface area is 607 Å². The summed E-state index contributed by atoms with van der Waals surface area (Å²) in [7, 11) is 1.24. The van der Waals surface area contributed by atoms with Crippen LogP contribution in [0.5, 0.6) is 0 Å². The van der Waals surface area contributed by atoms with Gasteiger partial charge in [-0.05, 0) is 103 Å². The third-order valence-corrected chi connectivity index (χ3v) is 16.9. The highest BCUT2D eigenvalue weighted by atomic mass is 35.5. The van der Waals surface area contributed by atoms with Crippen LogP contribution < -0.4 is 32.8 Å². The highest BCUT2D eigenvalue weighted by Crippen LogP contribution is 2.41. The van der Waals surface area contributed by atoms with Crippen molar-refractivity contribution in [3.8, 4) is 45.0 Å². The summed E-state index contributed by atoms with van der Waals surface area (Å²) in [5.41, 5.74) is 8.25. The van der Waals surface area contributed by atoms with E-state index in [1.54, 1.807) is 78.9 Å². The van der Waals surface area contributed by atoms with E-state index < -0.39 is 17.2 Å². The number of halogens is 8. The summed E-state index contributed by atoms with van der Waals surface area (Å²) in [5.74, 6) is 3.24. The van der Waals surface area contributed by atoms with Gasteiger partial charge in [-0.2, -0.15) is 15.2 Å². The zero-order valence-corrected chi connectivity index (χ0v) is 58.0. The second-order valence-electron chi connectivity index (χ2n) is 22.0. The number of ether oxygens (including phenoxy) is 1. The van der Waals surface area contributed by atoms with Crippen molar-refractivity contribution in [3.63, 3.8) is 0 Å². The molecule has 13 aromatic rings. The molecule has 2 aliphatic carbocycles. The second-order valence-corrected chi connectivity index (χ2v) is 25.1. The molecule has 0 radical (unpaired) electrons. The molecular weight excluding hydrogens is 1450 g/mol. The van der Waals surface area contributed by atoms with Crippen molar-refractivity contribution < 1.29 is 14.3 Å². The summed E-state index contributed by atoms with van der Waals surface area (Å²) >= 11 is 47.9. The van der Waals surface area contributed by atoms with Crippen molar-refractivity contribution in [2.24, 2.45) is 0 Å². The van der Waals surface area contributed by atoms with Crippen LogP contribution in [0.1, 0.15) is 65.7 Å². The first-order chi connectivity index (χ1) is 48.3. The number of rotatable bonds is 15. The number of fused-ring (bicyclic) bond motifs is 1. The molecule has 100 heavy (non-hydrogen) atoms. The van der Waals surface area contributed by atoms with E-state index in [0.29, 0.717) is 116 Å². The standard InChI is InChI=1S/C23H19ClN8O.C16H13Cl2N5.C10H5Cl3N2.C10H7ClN2O2.C10H9ClO3/c24-16-4-2-1-3-14(16)18-11-20(27-21-10-17(29-31-21)12-5-6-12)28-23(26-18)25-13-7-8-15-19(9-13)30-32-22(15)33;17-11-4-2-1-3-10(11)13-8-14(21-16(18)19-13)20-15-7-12(22-23-15)9-5-6-9;11-7-4-2-1-3-6(7)8-5-9(12)15-10(13)14-8;11-7-4-2-1-3-6(7)8-5-9(14)13-10(15)12-8;1-14-10(13)6-9(12)7-4-2-3-5-8(7)11/h1-4,7-12H,5-6H2,(H2,30,32,33)(H3,25,26,27,28,29,31);1-4,7-9H,5-6H2,(H2,19,20,21,22,23);1-5H;1-5H,(H2,12,13,14,15);2-5H,6H2,1H3. The Morgan fingerprint density at radius 3 is 1.48 bits per heavy atom. The molecule has 506 valence electrons. The largest absolute Gasteiger partial charge is 0.469 e. The van der Waals surface area contributed by atoms with Gasteiger partial charge in [0.05, 0.1) is 45.8 Å². The summed E-state index contributed by atoms with van der Waals surface area (Å²) in [6.07, 6.45) is 4.54. The fourth-order valence-corrected chi connectivity index (χ4v) is 11.4. The highest BCUT2D eigenvalue weighted by Gasteiger charge is 2.27. The van der Waals surface area contributed by atoms with Crippen LogP contribution in [0.2, 0.25) is 40.8 Å². The first kappa shape index (κ1) is 71.1. The lowest BCUT2D eigenvalue weighted by Gasteiger charge is -2.11. The van der Waals surface area contributed by atoms with Crippen LogP contribution in [0, 0.1) is 0 Å². The number of H-pyrrole nitrogens is 6. The van der Waals surface area contributed by atoms with Crippen molar-refractivity contribution in [2.45, 2.75) is 43.9 Å². The van der Waals surface area contributed by atoms with Crippen LogP contribution in [0.25, 0.3) is 55.9 Å². The summed E-state index contributed by atoms with van der Waals surface area (Å²) in [5, 5.41) is 33.6. The molecular formula is C69H53Cl8N17O6. The van der Waals surface area contributed by atoms with Crippen LogP contribution >= 0.6 is 92.8 Å². The number of aromatic nitrogens is 14. The van der Waals surface area contributed by atoms with E-state index >= 15 is 0 Å². The van der Waals surface area contributed by atoms with Crippen molar-refractivity contribution in [3.05, 3.63) is 265 Å². The van der Waals surface area contributed by atoms with E-state index in [0.717, 1.165) is 33.8 Å². The number of hydrogen-bond acceptors (Lipinski definition) is 17. The predicted molar refractivity (Wildman–Crippen MR) is 393 cm³/mol. The SMILES string of the molecule is COC(=O)CC(=O)c1ccccc1Cl.Clc1cc(-c2ccccc2Cl)nc(Cl)n1.Clc1nc(Nc2cc(C3CC3)[nH]n2)cc(-c2ccccc2Cl)n1.O=c1[nH][nH]c2cc(Nc3nc(Nc4cc(C5CC5)[nH]n4)cc(-c4ccccc4Cl)n3)ccc12.O=c1cc(-c2ccccc2Cl)[nH]c(=O)[nH]1. The maximum atomic E-state index is 11.8. The molecule has 0 saturated heterocycles. The number of benzene rings is 6. The number of anilines is 6. The van der Waals surface area contributed by atoms with Gasteiger partial charge in [0.15, 0.2) is 17.4 Å². The van der Waals surface area contributed by atoms with Gasteiger partial charge in [0, 0.05) is 113 Å². The van der Waals surface area contributed by atoms with Crippen molar-refractivity contribution in [1.82, 2.24) is 70.5 Å². The number of aromatic amines is 6. The first-order valence-electron chi connectivity index (χ1n) is 30.2. The number of Topliss-reactive ketones (excluding diaryl/α,β-unsaturated/α-hetero) is 1. The van der Waals surface area contributed by atoms with E-state index in [1.807, 2.05) is 91.0 Å². The normalized spacial score (nSPS) is 12.1. The Morgan fingerprint density at radius 2 is 0.970 bits per heavy atom. The molecule has 0 aliphatic heterocycles. The van der Waals surface area contributed by atoms with E-state index in [2.05, 4.69) is 91.2 Å². The van der Waals surface area contributed by atoms with Crippen LogP contribution in [0.15, 0.2) is 190 Å². The number of esters is 1. The Balaban J connectivity index is 0.000000132. The Kier molecular flexibility index (Phi) is 23.5. The number of carbonyl (C=O) groups is 2. The molecule has 15 rings (SSSR count). The molecule has 7 aromatic heterocycles. The van der Waals surface area contributed by atoms with Gasteiger partial charge in [-0.25, -0.2) is 29.7 Å². The molecule has 2 fully saturated rings. The van der Waals surface area contributed by atoms with Crippen LogP contribution in [-0.4, -0.2) is 89.3 Å². The first-order valence-corrected chi connectivity index (χ1v) is 33.3. The van der Waals surface area contributed by atoms with Gasteiger partial charge in [0.1, 0.15) is 23.2 Å². The van der Waals surface area contributed by atoms with Gasteiger partial charge in [-0.1, -0.05) is 155 Å². The number of nitrogens with zero attached hydrogens (tertiary/aromatic N) is 8. The molecule has 7 heterocycles. The fourth-order valence-electron chi connectivity index (χ4n) is 9.65. The molecule has 2 aliphatic rings. The molecule has 9 N–H and O–H groups in total. The molecule has 2 saturated carbocycles. The minimum Gasteiger partial charge on any atom is -0.469 e. The molecule has 0 bridgehead atoms. The third-order valence-electron chi connectivity index (χ3n) is 14.7. The van der Waals surface area contributed by atoms with E-state index in [4.69, 9.17) is 92.8 Å². The van der Waals surface area contributed by atoms with E-state index in [-0.39, 0.29) is 28.3 Å². The van der Waals surface area contributed by atoms with Crippen LogP contribution in [-0.2, 0) is 9.53 Å². The quantitative estimate of drug-likeness (QED) is 0.0151. The lowest BCUT2D eigenvalue weighted by molar-refractivity contribution is -0.139. The van der Waals surface area contributed by atoms with Crippen LogP contribution in [0.3, 0.4) is 0 Å². The Bertz CT molecular complexity index is 5240. The molecule has 0 unspecified atom stereocenters. The minimum absolute atomic E-state index is 0.109. The van der Waals surface area contributed by atoms with Gasteiger partial charge in [0.2, 0.25) is 16.5 Å². The average Bonchev–Trinajstić information content (AvgIpc) is 1.38. The Morgan fingerprint density at radius 1 is 0.480 bits per heavy atom. The highest BCUT2D eigenvalue weighted by molar-refractivity contribution is 6.36. The molecule has 0 spiro atoms. The molecule has 0 atom stereocenters. The molecule has 6 aromatic carbocycles. The third kappa shape index (κ3) is 19.4. The number of methoxy groups -OCH3 is 1. The van der Waals surface area contributed by atoms with Crippen molar-refractivity contribution in [1.29, 1.82) is 0 Å². The van der Waals surface area contributed by atoms with E-state index in [9.17, 15) is 24.0 Å². The molecule has 23 nitrogen and oxygen atoms in total. The van der Waals surface area contributed by atoms with Gasteiger partial charge in [0.25, 0.3) is 11.1 Å². The summed E-state index contributed by atoms with van der Waals surface area (Å²) in [6.45, 7) is 0. The number of nitrogens with one attached hydrogen (secondary N) is 9. The number of ketones is 1. The lowest BCUT2D eigenvalue weighted by Crippen LogP contribution is -2.21. The zero-order chi connectivity index (χ0) is 70.4. The minimum atomic E-state index is -0.560. The summed E-state index contributed by atoms with van der Waals surface area (Å²) < 4.78 is 4.38. The zero-order valence-electron chi connectivity index (χ0n) is 52.0. The van der Waals surface area contributed by atoms with E-state index in [1.165, 1.54) is 38.9 Å². The second kappa shape index (κ2) is 33.1.